The monoisotopic (exact) mass is 323 g/mol. The van der Waals surface area contributed by atoms with E-state index in [1.807, 2.05) is 0 Å². The summed E-state index contributed by atoms with van der Waals surface area (Å²) in [6.07, 6.45) is -2.30. The van der Waals surface area contributed by atoms with Gasteiger partial charge in [0.25, 0.3) is 0 Å². The molecule has 0 unspecified atom stereocenters. The van der Waals surface area contributed by atoms with Crippen molar-refractivity contribution in [3.63, 3.8) is 0 Å². The third kappa shape index (κ3) is 3.20. The molecule has 2 aromatic heterocycles. The number of aryl methyl sites for hydroxylation is 1. The highest BCUT2D eigenvalue weighted by atomic mass is 32.2. The fraction of sp³-hybridized carbons (Fsp3) is 0.273. The second-order valence-electron chi connectivity index (χ2n) is 4.25. The van der Waals surface area contributed by atoms with Crippen LogP contribution in [0, 0.1) is 5.82 Å². The molecule has 10 heteroatoms. The lowest BCUT2D eigenvalue weighted by atomic mass is 10.3. The Morgan fingerprint density at radius 1 is 1.24 bits per heavy atom. The summed E-state index contributed by atoms with van der Waals surface area (Å²) in [5.41, 5.74) is -1.42. The molecule has 0 aromatic carbocycles. The molecule has 2 heterocycles. The van der Waals surface area contributed by atoms with E-state index in [9.17, 15) is 26.0 Å². The Hall–Kier alpha value is -1.97. The Labute approximate surface area is 117 Å². The molecule has 21 heavy (non-hydrogen) atoms. The van der Waals surface area contributed by atoms with Crippen molar-refractivity contribution in [3.8, 4) is 0 Å². The van der Waals surface area contributed by atoms with Gasteiger partial charge in [0.05, 0.1) is 18.1 Å². The molecule has 0 aliphatic rings. The molecule has 0 spiro atoms. The molecule has 0 atom stereocenters. The topological polar surface area (TPSA) is 64.8 Å². The summed E-state index contributed by atoms with van der Waals surface area (Å²) < 4.78 is 76.2. The van der Waals surface area contributed by atoms with Crippen LogP contribution in [0.3, 0.4) is 0 Å². The molecular weight excluding hydrogens is 314 g/mol. The summed E-state index contributed by atoms with van der Waals surface area (Å²) in [5, 5.41) is 3.34. The minimum absolute atomic E-state index is 0.0491. The van der Waals surface area contributed by atoms with E-state index in [-0.39, 0.29) is 5.56 Å². The van der Waals surface area contributed by atoms with E-state index in [1.165, 1.54) is 0 Å². The average Bonchev–Trinajstić information content (AvgIpc) is 2.71. The number of pyridine rings is 1. The van der Waals surface area contributed by atoms with Crippen LogP contribution >= 0.6 is 0 Å². The normalized spacial score (nSPS) is 12.6. The van der Waals surface area contributed by atoms with Crippen LogP contribution in [0.15, 0.2) is 29.6 Å². The van der Waals surface area contributed by atoms with Crippen LogP contribution in [0.4, 0.5) is 17.6 Å². The Morgan fingerprint density at radius 3 is 2.48 bits per heavy atom. The molecule has 0 N–H and O–H groups in total. The average molecular weight is 323 g/mol. The maximum Gasteiger partial charge on any atom is 0.434 e. The van der Waals surface area contributed by atoms with Gasteiger partial charge in [0.2, 0.25) is 0 Å². The Bertz CT molecular complexity index is 768. The zero-order valence-electron chi connectivity index (χ0n) is 10.6. The van der Waals surface area contributed by atoms with E-state index in [0.29, 0.717) is 10.9 Å². The standard InChI is InChI=1S/C11H9F4N3O2S/c1-18-10(11(13,14)15)9(5-17-18)21(19,20)6-7-2-8(12)4-16-3-7/h2-5H,6H2,1H3. The van der Waals surface area contributed by atoms with Crippen LogP contribution in [0.1, 0.15) is 11.3 Å². The van der Waals surface area contributed by atoms with Gasteiger partial charge < -0.3 is 0 Å². The second kappa shape index (κ2) is 5.10. The first-order chi connectivity index (χ1) is 9.61. The van der Waals surface area contributed by atoms with Gasteiger partial charge in [0.15, 0.2) is 15.5 Å². The highest BCUT2D eigenvalue weighted by Gasteiger charge is 2.41. The lowest BCUT2D eigenvalue weighted by molar-refractivity contribution is -0.146. The number of rotatable bonds is 3. The molecule has 0 fully saturated rings. The van der Waals surface area contributed by atoms with Gasteiger partial charge in [-0.3, -0.25) is 9.67 Å². The molecule has 0 bridgehead atoms. The van der Waals surface area contributed by atoms with Crippen molar-refractivity contribution in [2.45, 2.75) is 16.8 Å². The van der Waals surface area contributed by atoms with E-state index in [0.717, 1.165) is 25.5 Å². The highest BCUT2D eigenvalue weighted by Crippen LogP contribution is 2.34. The van der Waals surface area contributed by atoms with Crippen LogP contribution in [0.5, 0.6) is 0 Å². The third-order valence-corrected chi connectivity index (χ3v) is 4.31. The molecule has 0 aliphatic carbocycles. The molecule has 0 aliphatic heterocycles. The number of halogens is 4. The minimum atomic E-state index is -4.87. The van der Waals surface area contributed by atoms with E-state index in [4.69, 9.17) is 0 Å². The van der Waals surface area contributed by atoms with Gasteiger partial charge in [-0.15, -0.1) is 0 Å². The minimum Gasteiger partial charge on any atom is -0.262 e. The van der Waals surface area contributed by atoms with Gasteiger partial charge in [-0.25, -0.2) is 12.8 Å². The zero-order chi connectivity index (χ0) is 15.8. The summed E-state index contributed by atoms with van der Waals surface area (Å²) in [6.45, 7) is 0. The summed E-state index contributed by atoms with van der Waals surface area (Å²) in [7, 11) is -3.34. The van der Waals surface area contributed by atoms with Gasteiger partial charge in [-0.2, -0.15) is 18.3 Å². The Balaban J connectivity index is 2.46. The lowest BCUT2D eigenvalue weighted by Crippen LogP contribution is -2.17. The summed E-state index contributed by atoms with van der Waals surface area (Å²) in [4.78, 5) is 2.51. The van der Waals surface area contributed by atoms with Crippen LogP contribution < -0.4 is 0 Å². The zero-order valence-corrected chi connectivity index (χ0v) is 11.4. The first-order valence-corrected chi connectivity index (χ1v) is 7.18. The quantitative estimate of drug-likeness (QED) is 0.810. The molecule has 5 nitrogen and oxygen atoms in total. The van der Waals surface area contributed by atoms with Gasteiger partial charge >= 0.3 is 6.18 Å². The molecule has 0 radical (unpaired) electrons. The van der Waals surface area contributed by atoms with E-state index in [2.05, 4.69) is 10.1 Å². The number of sulfone groups is 1. The highest BCUT2D eigenvalue weighted by molar-refractivity contribution is 7.90. The van der Waals surface area contributed by atoms with Crippen LogP contribution in [-0.2, 0) is 28.8 Å². The maximum absolute atomic E-state index is 13.0. The van der Waals surface area contributed by atoms with Crippen molar-refractivity contribution in [3.05, 3.63) is 41.7 Å². The number of aromatic nitrogens is 3. The van der Waals surface area contributed by atoms with Crippen molar-refractivity contribution in [2.24, 2.45) is 7.05 Å². The molecule has 0 saturated carbocycles. The lowest BCUT2D eigenvalue weighted by Gasteiger charge is -2.10. The first kappa shape index (κ1) is 15.4. The number of alkyl halides is 3. The molecular formula is C11H9F4N3O2S. The van der Waals surface area contributed by atoms with Gasteiger partial charge in [0, 0.05) is 13.2 Å². The first-order valence-electron chi connectivity index (χ1n) is 5.52. The van der Waals surface area contributed by atoms with Crippen molar-refractivity contribution < 1.29 is 26.0 Å². The largest absolute Gasteiger partial charge is 0.434 e. The van der Waals surface area contributed by atoms with Gasteiger partial charge in [0.1, 0.15) is 10.7 Å². The molecule has 2 rings (SSSR count). The van der Waals surface area contributed by atoms with Crippen LogP contribution in [-0.4, -0.2) is 23.2 Å². The molecule has 0 saturated heterocycles. The van der Waals surface area contributed by atoms with Crippen molar-refractivity contribution >= 4 is 9.84 Å². The van der Waals surface area contributed by atoms with E-state index >= 15 is 0 Å². The van der Waals surface area contributed by atoms with E-state index in [1.54, 1.807) is 0 Å². The third-order valence-electron chi connectivity index (χ3n) is 2.63. The predicted octanol–water partition coefficient (Wildman–Crippen LogP) is 1.95. The van der Waals surface area contributed by atoms with Crippen LogP contribution in [0.2, 0.25) is 0 Å². The number of nitrogens with zero attached hydrogens (tertiary/aromatic N) is 3. The van der Waals surface area contributed by atoms with Crippen molar-refractivity contribution in [2.75, 3.05) is 0 Å². The van der Waals surface area contributed by atoms with E-state index < -0.39 is 38.2 Å². The Kier molecular flexibility index (Phi) is 3.74. The van der Waals surface area contributed by atoms with Gasteiger partial charge in [-0.05, 0) is 11.6 Å². The van der Waals surface area contributed by atoms with Crippen molar-refractivity contribution in [1.29, 1.82) is 0 Å². The number of hydrogen-bond acceptors (Lipinski definition) is 4. The maximum atomic E-state index is 13.0. The summed E-state index contributed by atoms with van der Waals surface area (Å²) in [5.74, 6) is -1.57. The Morgan fingerprint density at radius 2 is 1.90 bits per heavy atom. The predicted molar refractivity (Wildman–Crippen MR) is 63.3 cm³/mol. The second-order valence-corrected chi connectivity index (χ2v) is 6.21. The van der Waals surface area contributed by atoms with Crippen molar-refractivity contribution in [1.82, 2.24) is 14.8 Å². The number of hydrogen-bond donors (Lipinski definition) is 0. The molecule has 114 valence electrons. The SMILES string of the molecule is Cn1ncc(S(=O)(=O)Cc2cncc(F)c2)c1C(F)(F)F. The molecule has 0 amide bonds. The van der Waals surface area contributed by atoms with Gasteiger partial charge in [-0.1, -0.05) is 0 Å². The summed E-state index contributed by atoms with van der Waals surface area (Å²) in [6, 6.07) is 0.897. The summed E-state index contributed by atoms with van der Waals surface area (Å²) >= 11 is 0. The molecule has 2 aromatic rings. The smallest absolute Gasteiger partial charge is 0.262 e. The fourth-order valence-electron chi connectivity index (χ4n) is 1.80. The van der Waals surface area contributed by atoms with Crippen LogP contribution in [0.25, 0.3) is 0 Å². The fourth-order valence-corrected chi connectivity index (χ4v) is 3.30.